The van der Waals surface area contributed by atoms with Gasteiger partial charge in [0, 0.05) is 5.56 Å². The zero-order chi connectivity index (χ0) is 31.8. The molecular weight excluding hydrogens is 485 g/mol. The molecule has 0 aliphatic rings. The van der Waals surface area contributed by atoms with E-state index >= 15 is 0 Å². The molecule has 39 heavy (non-hydrogen) atoms. The third kappa shape index (κ3) is 23.7. The maximum absolute atomic E-state index is 13.1. The first-order chi connectivity index (χ1) is 18.7. The summed E-state index contributed by atoms with van der Waals surface area (Å²) in [6.07, 6.45) is 8.04. The predicted octanol–water partition coefficient (Wildman–Crippen LogP) is 10.2. The van der Waals surface area contributed by atoms with E-state index in [1.807, 2.05) is 114 Å². The average molecular weight is 544 g/mol. The molecule has 0 bridgehead atoms. The Hall–Kier alpha value is -3.11. The van der Waals surface area contributed by atoms with Gasteiger partial charge >= 0.3 is 0 Å². The highest BCUT2D eigenvalue weighted by Crippen LogP contribution is 2.25. The van der Waals surface area contributed by atoms with Crippen molar-refractivity contribution < 1.29 is 14.0 Å². The number of hydrogen-bond acceptors (Lipinski definition) is 3. The average Bonchev–Trinajstić information content (AvgIpc) is 2.97. The van der Waals surface area contributed by atoms with Crippen molar-refractivity contribution in [3.63, 3.8) is 0 Å². The van der Waals surface area contributed by atoms with Gasteiger partial charge in [-0.05, 0) is 107 Å². The van der Waals surface area contributed by atoms with Crippen LogP contribution in [-0.2, 0) is 11.2 Å². The standard InChI is InChI=1S/C13H15F.C13H16O.C2H7N.3C2H6.CH2O/c1-5-12(9(2)3)13-8-11(14)7-6-10(13)4;1-3-4-5-6-13-8-7-12(10-14)9-11(13)2;1-3-2;4*1-2/h5-8H,2H2,1,3-4H3;3,7-10H,1,4-6H2,2H3;3H,1-2H3;3*1-2H3;1H2/b12-5-;;;;;;. The van der Waals surface area contributed by atoms with E-state index in [0.717, 1.165) is 53.4 Å². The van der Waals surface area contributed by atoms with Crippen LogP contribution in [-0.4, -0.2) is 27.2 Å². The number of carbonyl (C=O) groups is 2. The van der Waals surface area contributed by atoms with E-state index < -0.39 is 0 Å². The van der Waals surface area contributed by atoms with Gasteiger partial charge in [0.25, 0.3) is 0 Å². The Labute approximate surface area is 241 Å². The van der Waals surface area contributed by atoms with Gasteiger partial charge in [-0.2, -0.15) is 0 Å². The number of nitrogens with one attached hydrogen (secondary N) is 1. The molecule has 0 saturated carbocycles. The Morgan fingerprint density at radius 1 is 0.923 bits per heavy atom. The molecule has 0 heterocycles. The van der Waals surface area contributed by atoms with E-state index in [-0.39, 0.29) is 5.82 Å². The van der Waals surface area contributed by atoms with Crippen LogP contribution in [0.3, 0.4) is 0 Å². The molecule has 3 nitrogen and oxygen atoms in total. The fourth-order valence-electron chi connectivity index (χ4n) is 3.03. The van der Waals surface area contributed by atoms with Crippen LogP contribution in [0.2, 0.25) is 0 Å². The van der Waals surface area contributed by atoms with Crippen molar-refractivity contribution in [2.75, 3.05) is 14.1 Å². The highest BCUT2D eigenvalue weighted by Gasteiger charge is 2.06. The van der Waals surface area contributed by atoms with Crippen molar-refractivity contribution in [1.82, 2.24) is 5.32 Å². The highest BCUT2D eigenvalue weighted by atomic mass is 19.1. The minimum Gasteiger partial charge on any atom is -0.323 e. The molecule has 4 heteroatoms. The molecule has 0 saturated heterocycles. The molecule has 0 radical (unpaired) electrons. The monoisotopic (exact) mass is 543 g/mol. The van der Waals surface area contributed by atoms with Crippen LogP contribution >= 0.6 is 0 Å². The lowest BCUT2D eigenvalue weighted by atomic mass is 9.96. The Morgan fingerprint density at radius 3 is 1.82 bits per heavy atom. The van der Waals surface area contributed by atoms with Gasteiger partial charge in [-0.15, -0.1) is 6.58 Å². The summed E-state index contributed by atoms with van der Waals surface area (Å²) in [6, 6.07) is 10.7. The van der Waals surface area contributed by atoms with Gasteiger partial charge in [0.2, 0.25) is 0 Å². The molecular formula is C35H58FNO2. The summed E-state index contributed by atoms with van der Waals surface area (Å²) in [4.78, 5) is 18.5. The molecule has 0 spiro atoms. The lowest BCUT2D eigenvalue weighted by Gasteiger charge is -2.10. The SMILES string of the molecule is C=C(C)/C(=C/C)c1cc(F)ccc1C.C=CCCCc1ccc(C=O)cc1C.C=O.CC.CC.CC.CNC. The van der Waals surface area contributed by atoms with Gasteiger partial charge in [-0.25, -0.2) is 4.39 Å². The van der Waals surface area contributed by atoms with Gasteiger partial charge in [0.15, 0.2) is 0 Å². The van der Waals surface area contributed by atoms with Crippen LogP contribution in [0.1, 0.15) is 101 Å². The number of halogens is 1. The third-order valence-corrected chi connectivity index (χ3v) is 4.60. The van der Waals surface area contributed by atoms with Crippen LogP contribution in [0.15, 0.2) is 67.3 Å². The minimum atomic E-state index is -0.203. The van der Waals surface area contributed by atoms with Crippen LogP contribution in [0.25, 0.3) is 5.57 Å². The Morgan fingerprint density at radius 2 is 1.44 bits per heavy atom. The smallest absolute Gasteiger partial charge is 0.150 e. The van der Waals surface area contributed by atoms with Crippen molar-refractivity contribution in [2.45, 2.75) is 88.5 Å². The fraction of sp³-hybridized carbons (Fsp3) is 0.429. The van der Waals surface area contributed by atoms with E-state index in [2.05, 4.69) is 25.4 Å². The van der Waals surface area contributed by atoms with E-state index in [1.165, 1.54) is 17.2 Å². The number of hydrogen-bond donors (Lipinski definition) is 1. The van der Waals surface area contributed by atoms with Crippen LogP contribution in [0.5, 0.6) is 0 Å². The molecule has 0 aliphatic heterocycles. The molecule has 0 fully saturated rings. The Kier molecular flexibility index (Phi) is 41.0. The molecule has 1 N–H and O–H groups in total. The van der Waals surface area contributed by atoms with Crippen molar-refractivity contribution in [2.24, 2.45) is 0 Å². The highest BCUT2D eigenvalue weighted by molar-refractivity contribution is 5.79. The van der Waals surface area contributed by atoms with Gasteiger partial charge in [-0.3, -0.25) is 4.79 Å². The number of aryl methyl sites for hydroxylation is 3. The first-order valence-electron chi connectivity index (χ1n) is 13.9. The number of unbranched alkanes of at least 4 members (excludes halogenated alkanes) is 1. The topological polar surface area (TPSA) is 46.2 Å². The number of benzene rings is 2. The Balaban J connectivity index is -0.000000145. The first kappa shape index (κ1) is 45.8. The largest absolute Gasteiger partial charge is 0.323 e. The van der Waals surface area contributed by atoms with Crippen LogP contribution < -0.4 is 5.32 Å². The molecule has 0 atom stereocenters. The van der Waals surface area contributed by atoms with Gasteiger partial charge < -0.3 is 10.1 Å². The second-order valence-corrected chi connectivity index (χ2v) is 7.43. The molecule has 0 amide bonds. The first-order valence-corrected chi connectivity index (χ1v) is 13.9. The van der Waals surface area contributed by atoms with Gasteiger partial charge in [-0.1, -0.05) is 84.0 Å². The van der Waals surface area contributed by atoms with E-state index in [0.29, 0.717) is 0 Å². The zero-order valence-electron chi connectivity index (χ0n) is 27.1. The van der Waals surface area contributed by atoms with E-state index in [1.54, 1.807) is 12.1 Å². The lowest BCUT2D eigenvalue weighted by Crippen LogP contribution is -1.91. The Bertz CT molecular complexity index is 902. The summed E-state index contributed by atoms with van der Waals surface area (Å²) in [6.45, 7) is 29.5. The summed E-state index contributed by atoms with van der Waals surface area (Å²) in [5, 5.41) is 2.75. The lowest BCUT2D eigenvalue weighted by molar-refractivity contribution is -0.0980. The quantitative estimate of drug-likeness (QED) is 0.163. The molecule has 2 aromatic carbocycles. The minimum absolute atomic E-state index is 0.203. The van der Waals surface area contributed by atoms with Crippen LogP contribution in [0.4, 0.5) is 4.39 Å². The van der Waals surface area contributed by atoms with Crippen molar-refractivity contribution >= 4 is 18.6 Å². The molecule has 2 aromatic rings. The molecule has 222 valence electrons. The molecule has 2 rings (SSSR count). The van der Waals surface area contributed by atoms with Gasteiger partial charge in [0.1, 0.15) is 18.9 Å². The second-order valence-electron chi connectivity index (χ2n) is 7.43. The second kappa shape index (κ2) is 34.9. The fourth-order valence-corrected chi connectivity index (χ4v) is 3.03. The van der Waals surface area contributed by atoms with Crippen molar-refractivity contribution in [3.05, 3.63) is 101 Å². The molecule has 0 aromatic heterocycles. The van der Waals surface area contributed by atoms with Crippen molar-refractivity contribution in [3.8, 4) is 0 Å². The van der Waals surface area contributed by atoms with Gasteiger partial charge in [0.05, 0.1) is 0 Å². The number of rotatable bonds is 7. The molecule has 0 unspecified atom stereocenters. The molecule has 0 aliphatic carbocycles. The zero-order valence-corrected chi connectivity index (χ0v) is 27.1. The summed E-state index contributed by atoms with van der Waals surface area (Å²) < 4.78 is 13.1. The summed E-state index contributed by atoms with van der Waals surface area (Å²) in [5.41, 5.74) is 7.27. The normalized spacial score (nSPS) is 8.69. The number of allylic oxidation sites excluding steroid dienone is 4. The maximum Gasteiger partial charge on any atom is 0.150 e. The van der Waals surface area contributed by atoms with E-state index in [9.17, 15) is 9.18 Å². The summed E-state index contributed by atoms with van der Waals surface area (Å²) >= 11 is 0. The maximum atomic E-state index is 13.1. The summed E-state index contributed by atoms with van der Waals surface area (Å²) in [5.74, 6) is -0.203. The number of carbonyl (C=O) groups excluding carboxylic acids is 2. The predicted molar refractivity (Wildman–Crippen MR) is 175 cm³/mol. The van der Waals surface area contributed by atoms with E-state index in [4.69, 9.17) is 4.79 Å². The number of aldehydes is 1. The van der Waals surface area contributed by atoms with Crippen molar-refractivity contribution in [1.29, 1.82) is 0 Å². The van der Waals surface area contributed by atoms with Crippen LogP contribution in [0, 0.1) is 19.7 Å². The summed E-state index contributed by atoms with van der Waals surface area (Å²) in [7, 11) is 3.75. The third-order valence-electron chi connectivity index (χ3n) is 4.60.